The number of aromatic nitrogens is 1. The molecule has 5 nitrogen and oxygen atoms in total. The van der Waals surface area contributed by atoms with Crippen molar-refractivity contribution in [2.75, 3.05) is 4.90 Å². The number of anilines is 1. The normalized spacial score (nSPS) is 16.6. The molecular formula is C14H13ClN2O3S. The second-order valence-electron chi connectivity index (χ2n) is 5.08. The molecule has 0 spiro atoms. The summed E-state index contributed by atoms with van der Waals surface area (Å²) in [5, 5.41) is 0.309. The lowest BCUT2D eigenvalue weighted by Crippen LogP contribution is -2.37. The first kappa shape index (κ1) is 14.2. The van der Waals surface area contributed by atoms with Crippen LogP contribution in [0.3, 0.4) is 0 Å². The van der Waals surface area contributed by atoms with Gasteiger partial charge in [-0.1, -0.05) is 11.6 Å². The monoisotopic (exact) mass is 324 g/mol. The number of rotatable bonds is 1. The van der Waals surface area contributed by atoms with Crippen molar-refractivity contribution in [3.63, 3.8) is 0 Å². The summed E-state index contributed by atoms with van der Waals surface area (Å²) in [6.45, 7) is 3.67. The minimum Gasteiger partial charge on any atom is -0.303 e. The number of carbonyl (C=O) groups is 1. The van der Waals surface area contributed by atoms with Crippen LogP contribution in [-0.2, 0) is 10.0 Å². The van der Waals surface area contributed by atoms with Crippen molar-refractivity contribution in [2.24, 2.45) is 0 Å². The lowest BCUT2D eigenvalue weighted by molar-refractivity contribution is 0.0975. The van der Waals surface area contributed by atoms with E-state index in [0.717, 1.165) is 3.97 Å². The Bertz CT molecular complexity index is 840. The van der Waals surface area contributed by atoms with E-state index in [9.17, 15) is 13.2 Å². The number of fused-ring (bicyclic) bond motifs is 2. The quantitative estimate of drug-likeness (QED) is 0.810. The molecule has 0 fully saturated rings. The third kappa shape index (κ3) is 1.98. The van der Waals surface area contributed by atoms with E-state index in [-0.39, 0.29) is 22.5 Å². The Balaban J connectivity index is 2.44. The number of carbonyl (C=O) groups excluding carboxylic acids is 1. The Hall–Kier alpha value is -1.79. The van der Waals surface area contributed by atoms with Crippen molar-refractivity contribution >= 4 is 33.2 Å². The first-order chi connectivity index (χ1) is 9.84. The minimum atomic E-state index is -3.85. The molecule has 0 bridgehead atoms. The van der Waals surface area contributed by atoms with Crippen molar-refractivity contribution in [3.8, 4) is 0 Å². The second kappa shape index (κ2) is 4.61. The van der Waals surface area contributed by atoms with Crippen LogP contribution in [0.5, 0.6) is 0 Å². The van der Waals surface area contributed by atoms with Gasteiger partial charge in [0.15, 0.2) is 0 Å². The largest absolute Gasteiger partial charge is 0.303 e. The number of nitrogens with zero attached hydrogens (tertiary/aromatic N) is 2. The first-order valence-corrected chi connectivity index (χ1v) is 8.22. The van der Waals surface area contributed by atoms with Crippen molar-refractivity contribution in [2.45, 2.75) is 24.8 Å². The van der Waals surface area contributed by atoms with E-state index in [2.05, 4.69) is 0 Å². The third-order valence-corrected chi connectivity index (χ3v) is 5.34. The summed E-state index contributed by atoms with van der Waals surface area (Å²) in [5.74, 6) is -0.348. The van der Waals surface area contributed by atoms with E-state index in [0.29, 0.717) is 10.7 Å². The Morgan fingerprint density at radius 3 is 2.57 bits per heavy atom. The standard InChI is InChI=1S/C14H13ClN2O3S/c1-9(2)17-11-6-5-10(15)8-13(11)21(19,20)16-7-3-4-12(16)14(17)18/h3-9H,1-2H3. The zero-order chi connectivity index (χ0) is 15.4. The van der Waals surface area contributed by atoms with Gasteiger partial charge in [0.05, 0.1) is 5.69 Å². The molecule has 2 heterocycles. The Morgan fingerprint density at radius 1 is 1.19 bits per heavy atom. The molecule has 1 aliphatic heterocycles. The van der Waals surface area contributed by atoms with E-state index >= 15 is 0 Å². The molecule has 2 aromatic rings. The number of hydrogen-bond donors (Lipinski definition) is 0. The van der Waals surface area contributed by atoms with Gasteiger partial charge in [0.1, 0.15) is 10.6 Å². The Labute approximate surface area is 127 Å². The summed E-state index contributed by atoms with van der Waals surface area (Å²) in [7, 11) is -3.85. The molecule has 0 atom stereocenters. The smallest absolute Gasteiger partial charge is 0.276 e. The lowest BCUT2D eigenvalue weighted by atomic mass is 10.2. The number of halogens is 1. The zero-order valence-corrected chi connectivity index (χ0v) is 13.0. The Kier molecular flexibility index (Phi) is 3.11. The van der Waals surface area contributed by atoms with Crippen LogP contribution in [0.15, 0.2) is 41.4 Å². The van der Waals surface area contributed by atoms with Crippen molar-refractivity contribution in [1.82, 2.24) is 3.97 Å². The van der Waals surface area contributed by atoms with Crippen LogP contribution in [-0.4, -0.2) is 24.3 Å². The second-order valence-corrected chi connectivity index (χ2v) is 7.30. The molecule has 0 unspecified atom stereocenters. The highest BCUT2D eigenvalue weighted by molar-refractivity contribution is 7.90. The first-order valence-electron chi connectivity index (χ1n) is 6.40. The van der Waals surface area contributed by atoms with E-state index in [1.54, 1.807) is 18.2 Å². The van der Waals surface area contributed by atoms with Gasteiger partial charge < -0.3 is 4.90 Å². The van der Waals surface area contributed by atoms with E-state index < -0.39 is 10.0 Å². The fraction of sp³-hybridized carbons (Fsp3) is 0.214. The van der Waals surface area contributed by atoms with E-state index in [4.69, 9.17) is 11.6 Å². The van der Waals surface area contributed by atoms with Gasteiger partial charge in [-0.15, -0.1) is 0 Å². The number of benzene rings is 1. The van der Waals surface area contributed by atoms with Gasteiger partial charge in [-0.2, -0.15) is 0 Å². The molecule has 1 amide bonds. The van der Waals surface area contributed by atoms with Gasteiger partial charge in [0, 0.05) is 17.3 Å². The van der Waals surface area contributed by atoms with Crippen LogP contribution in [0, 0.1) is 0 Å². The van der Waals surface area contributed by atoms with Gasteiger partial charge in [0.25, 0.3) is 15.9 Å². The molecule has 1 aromatic carbocycles. The molecular weight excluding hydrogens is 312 g/mol. The summed E-state index contributed by atoms with van der Waals surface area (Å²) in [5.41, 5.74) is 0.471. The maximum absolute atomic E-state index is 12.8. The predicted molar refractivity (Wildman–Crippen MR) is 80.4 cm³/mol. The van der Waals surface area contributed by atoms with E-state index in [1.807, 2.05) is 13.8 Å². The topological polar surface area (TPSA) is 59.4 Å². The molecule has 0 aliphatic carbocycles. The summed E-state index contributed by atoms with van der Waals surface area (Å²) < 4.78 is 26.5. The fourth-order valence-corrected chi connectivity index (χ4v) is 4.27. The summed E-state index contributed by atoms with van der Waals surface area (Å²) in [6, 6.07) is 7.39. The third-order valence-electron chi connectivity index (χ3n) is 3.39. The fourth-order valence-electron chi connectivity index (χ4n) is 2.49. The highest BCUT2D eigenvalue weighted by Crippen LogP contribution is 2.35. The van der Waals surface area contributed by atoms with Gasteiger partial charge >= 0.3 is 0 Å². The maximum Gasteiger partial charge on any atom is 0.276 e. The molecule has 3 rings (SSSR count). The SMILES string of the molecule is CC(C)N1C(=O)c2cccn2S(=O)(=O)c2cc(Cl)ccc21. The molecule has 1 aliphatic rings. The molecule has 21 heavy (non-hydrogen) atoms. The van der Waals surface area contributed by atoms with Crippen LogP contribution in [0.1, 0.15) is 24.3 Å². The average molecular weight is 325 g/mol. The van der Waals surface area contributed by atoms with Crippen LogP contribution < -0.4 is 4.90 Å². The maximum atomic E-state index is 12.8. The summed E-state index contributed by atoms with van der Waals surface area (Å²) in [4.78, 5) is 14.2. The molecule has 0 N–H and O–H groups in total. The highest BCUT2D eigenvalue weighted by atomic mass is 35.5. The van der Waals surface area contributed by atoms with Crippen LogP contribution in [0.25, 0.3) is 0 Å². The number of amides is 1. The molecule has 0 radical (unpaired) electrons. The van der Waals surface area contributed by atoms with Crippen molar-refractivity contribution < 1.29 is 13.2 Å². The van der Waals surface area contributed by atoms with Crippen LogP contribution in [0.4, 0.5) is 5.69 Å². The average Bonchev–Trinajstić information content (AvgIpc) is 2.87. The summed E-state index contributed by atoms with van der Waals surface area (Å²) in [6.07, 6.45) is 1.37. The lowest BCUT2D eigenvalue weighted by Gasteiger charge is -2.26. The van der Waals surface area contributed by atoms with Gasteiger partial charge in [-0.25, -0.2) is 12.4 Å². The van der Waals surface area contributed by atoms with Crippen molar-refractivity contribution in [1.29, 1.82) is 0 Å². The van der Waals surface area contributed by atoms with Gasteiger partial charge in [-0.3, -0.25) is 4.79 Å². The molecule has 1 aromatic heterocycles. The number of hydrogen-bond acceptors (Lipinski definition) is 3. The molecule has 110 valence electrons. The van der Waals surface area contributed by atoms with Gasteiger partial charge in [-0.05, 0) is 44.2 Å². The predicted octanol–water partition coefficient (Wildman–Crippen LogP) is 2.75. The van der Waals surface area contributed by atoms with E-state index in [1.165, 1.54) is 23.2 Å². The molecule has 0 saturated carbocycles. The van der Waals surface area contributed by atoms with Gasteiger partial charge in [0.2, 0.25) is 0 Å². The molecule has 7 heteroatoms. The highest BCUT2D eigenvalue weighted by Gasteiger charge is 2.36. The molecule has 0 saturated heterocycles. The van der Waals surface area contributed by atoms with Crippen molar-refractivity contribution in [3.05, 3.63) is 47.2 Å². The minimum absolute atomic E-state index is 0.0343. The zero-order valence-electron chi connectivity index (χ0n) is 11.4. The Morgan fingerprint density at radius 2 is 1.90 bits per heavy atom. The summed E-state index contributed by atoms with van der Waals surface area (Å²) >= 11 is 5.94. The van der Waals surface area contributed by atoms with Crippen LogP contribution >= 0.6 is 11.6 Å². The van der Waals surface area contributed by atoms with Crippen LogP contribution in [0.2, 0.25) is 5.02 Å².